The molecule has 8 heteroatoms. The summed E-state index contributed by atoms with van der Waals surface area (Å²) in [5.41, 5.74) is 4.34. The first kappa shape index (κ1) is 29.1. The molecule has 0 N–H and O–H groups in total. The van der Waals surface area contributed by atoms with Crippen molar-refractivity contribution in [3.63, 3.8) is 0 Å². The minimum absolute atomic E-state index is 0.0621. The van der Waals surface area contributed by atoms with Gasteiger partial charge in [-0.1, -0.05) is 18.2 Å². The largest absolute Gasteiger partial charge is 0.497 e. The molecule has 2 aliphatic rings. The normalized spacial score (nSPS) is 15.4. The topological polar surface area (TPSA) is 75.7 Å². The number of Topliss-reactive ketones (excluding diaryl/α,β-unsaturated/α-hetero) is 1. The van der Waals surface area contributed by atoms with Gasteiger partial charge in [-0.2, -0.15) is 0 Å². The van der Waals surface area contributed by atoms with E-state index in [2.05, 4.69) is 11.9 Å². The number of hydrogen-bond donors (Lipinski definition) is 0. The van der Waals surface area contributed by atoms with Crippen molar-refractivity contribution in [3.8, 4) is 34.5 Å². The summed E-state index contributed by atoms with van der Waals surface area (Å²) in [7, 11) is 8.64. The predicted octanol–water partition coefficient (Wildman–Crippen LogP) is 5.57. The molecule has 0 fully saturated rings. The number of carbonyl (C=O) groups excluding carboxylic acids is 1. The van der Waals surface area contributed by atoms with Gasteiger partial charge >= 0.3 is 0 Å². The van der Waals surface area contributed by atoms with Crippen molar-refractivity contribution in [2.24, 2.45) is 0 Å². The van der Waals surface area contributed by atoms with Crippen LogP contribution in [0.25, 0.3) is 0 Å². The molecule has 3 aromatic rings. The lowest BCUT2D eigenvalue weighted by Crippen LogP contribution is -2.34. The summed E-state index contributed by atoms with van der Waals surface area (Å²) in [6.45, 7) is 3.09. The summed E-state index contributed by atoms with van der Waals surface area (Å²) in [5.74, 6) is 4.70. The van der Waals surface area contributed by atoms with E-state index < -0.39 is 0 Å². The molecule has 0 saturated heterocycles. The number of carbonyl (C=O) groups is 1. The third-order valence-corrected chi connectivity index (χ3v) is 7.44. The summed E-state index contributed by atoms with van der Waals surface area (Å²) in [6, 6.07) is 15.6. The first-order valence-corrected chi connectivity index (χ1v) is 13.4. The van der Waals surface area contributed by atoms with Crippen LogP contribution in [0.15, 0.2) is 48.5 Å². The van der Waals surface area contributed by atoms with E-state index in [9.17, 15) is 4.79 Å². The van der Waals surface area contributed by atoms with Crippen LogP contribution in [0.3, 0.4) is 0 Å². The molecule has 0 radical (unpaired) electrons. The van der Waals surface area contributed by atoms with Crippen LogP contribution in [-0.2, 0) is 17.6 Å². The SMILES string of the molecule is COc1ccc(OC)c(CCC(=O)CC2c3c(cc4c(c3OC)OCO4)CCN2C)c1.COc1ccccc1C. The maximum absolute atomic E-state index is 13.0. The smallest absolute Gasteiger partial charge is 0.231 e. The number of benzene rings is 3. The van der Waals surface area contributed by atoms with Gasteiger partial charge in [0.25, 0.3) is 0 Å². The zero-order chi connectivity index (χ0) is 28.6. The third-order valence-electron chi connectivity index (χ3n) is 7.44. The molecule has 3 aromatic carbocycles. The summed E-state index contributed by atoms with van der Waals surface area (Å²) in [6.07, 6.45) is 2.31. The Morgan fingerprint density at radius 3 is 2.40 bits per heavy atom. The molecular formula is C32H39NO7. The average molecular weight is 550 g/mol. The number of ketones is 1. The van der Waals surface area contributed by atoms with Gasteiger partial charge in [-0.3, -0.25) is 9.69 Å². The number of fused-ring (bicyclic) bond motifs is 2. The van der Waals surface area contributed by atoms with E-state index in [1.54, 1.807) is 28.4 Å². The lowest BCUT2D eigenvalue weighted by molar-refractivity contribution is -0.120. The van der Waals surface area contributed by atoms with Gasteiger partial charge in [0.1, 0.15) is 23.0 Å². The van der Waals surface area contributed by atoms with Crippen molar-refractivity contribution in [1.82, 2.24) is 4.90 Å². The lowest BCUT2D eigenvalue weighted by atomic mass is 9.87. The molecule has 0 spiro atoms. The van der Waals surface area contributed by atoms with Gasteiger partial charge in [-0.15, -0.1) is 0 Å². The number of ether oxygens (including phenoxy) is 6. The maximum Gasteiger partial charge on any atom is 0.231 e. The Morgan fingerprint density at radius 2 is 1.73 bits per heavy atom. The third kappa shape index (κ3) is 6.45. The predicted molar refractivity (Wildman–Crippen MR) is 153 cm³/mol. The molecule has 8 nitrogen and oxygen atoms in total. The van der Waals surface area contributed by atoms with E-state index in [-0.39, 0.29) is 18.6 Å². The summed E-state index contributed by atoms with van der Waals surface area (Å²) in [4.78, 5) is 15.3. The fourth-order valence-electron chi connectivity index (χ4n) is 5.24. The molecule has 0 aromatic heterocycles. The first-order chi connectivity index (χ1) is 19.4. The van der Waals surface area contributed by atoms with E-state index in [1.165, 1.54) is 5.56 Å². The Labute approximate surface area is 236 Å². The van der Waals surface area contributed by atoms with E-state index >= 15 is 0 Å². The number of rotatable bonds is 9. The van der Waals surface area contributed by atoms with Crippen LogP contribution in [0, 0.1) is 6.92 Å². The number of nitrogens with zero attached hydrogens (tertiary/aromatic N) is 1. The van der Waals surface area contributed by atoms with Crippen LogP contribution in [0.1, 0.15) is 41.1 Å². The lowest BCUT2D eigenvalue weighted by Gasteiger charge is -2.35. The summed E-state index contributed by atoms with van der Waals surface area (Å²) in [5, 5.41) is 0. The molecule has 1 unspecified atom stereocenters. The highest BCUT2D eigenvalue weighted by Crippen LogP contribution is 2.50. The highest BCUT2D eigenvalue weighted by atomic mass is 16.7. The monoisotopic (exact) mass is 549 g/mol. The highest BCUT2D eigenvalue weighted by Gasteiger charge is 2.34. The Bertz CT molecular complexity index is 1320. The van der Waals surface area contributed by atoms with Crippen LogP contribution in [0.4, 0.5) is 0 Å². The van der Waals surface area contributed by atoms with Gasteiger partial charge in [0.05, 0.1) is 28.4 Å². The average Bonchev–Trinajstić information content (AvgIpc) is 3.45. The van der Waals surface area contributed by atoms with Gasteiger partial charge in [0.2, 0.25) is 12.5 Å². The molecule has 0 bridgehead atoms. The standard InChI is InChI=1S/C24H29NO6.C8H10O/c1-25-10-9-16-12-21-23(31-14-30-21)24(29-4)22(16)19(25)13-17(26)6-5-15-11-18(27-2)7-8-20(15)28-3;1-7-5-3-4-6-8(7)9-2/h7-8,11-12,19H,5-6,9-10,13-14H2,1-4H3;3-6H,1-2H3. The number of aryl methyl sites for hydroxylation is 2. The van der Waals surface area contributed by atoms with Crippen molar-refractivity contribution in [3.05, 3.63) is 70.8 Å². The minimum Gasteiger partial charge on any atom is -0.497 e. The van der Waals surface area contributed by atoms with E-state index in [1.807, 2.05) is 55.5 Å². The van der Waals surface area contributed by atoms with Gasteiger partial charge in [-0.25, -0.2) is 0 Å². The molecule has 0 aliphatic carbocycles. The molecule has 0 amide bonds. The number of methoxy groups -OCH3 is 4. The van der Waals surface area contributed by atoms with Crippen molar-refractivity contribution >= 4 is 5.78 Å². The zero-order valence-electron chi connectivity index (χ0n) is 24.2. The Kier molecular flexibility index (Phi) is 9.77. The molecule has 214 valence electrons. The van der Waals surface area contributed by atoms with Crippen molar-refractivity contribution in [2.75, 3.05) is 48.8 Å². The number of hydrogen-bond acceptors (Lipinski definition) is 8. The van der Waals surface area contributed by atoms with Crippen LogP contribution in [0.5, 0.6) is 34.5 Å². The van der Waals surface area contributed by atoms with Crippen LogP contribution >= 0.6 is 0 Å². The van der Waals surface area contributed by atoms with E-state index in [0.717, 1.165) is 52.7 Å². The highest BCUT2D eigenvalue weighted by molar-refractivity contribution is 5.80. The fraction of sp³-hybridized carbons (Fsp3) is 0.406. The van der Waals surface area contributed by atoms with Crippen molar-refractivity contribution in [1.29, 1.82) is 0 Å². The Morgan fingerprint density at radius 1 is 0.950 bits per heavy atom. The summed E-state index contributed by atoms with van der Waals surface area (Å²) < 4.78 is 32.8. The molecule has 1 atom stereocenters. The molecular weight excluding hydrogens is 510 g/mol. The van der Waals surface area contributed by atoms with Gasteiger partial charge in [0, 0.05) is 31.0 Å². The van der Waals surface area contributed by atoms with E-state index in [4.69, 9.17) is 28.4 Å². The second-order valence-corrected chi connectivity index (χ2v) is 9.85. The number of likely N-dealkylation sites (N-methyl/N-ethyl adjacent to an activating group) is 1. The van der Waals surface area contributed by atoms with E-state index in [0.29, 0.717) is 30.8 Å². The summed E-state index contributed by atoms with van der Waals surface area (Å²) >= 11 is 0. The zero-order valence-corrected chi connectivity index (χ0v) is 24.2. The molecule has 2 aliphatic heterocycles. The van der Waals surface area contributed by atoms with Crippen LogP contribution in [-0.4, -0.2) is 59.5 Å². The van der Waals surface area contributed by atoms with Gasteiger partial charge in [-0.05, 0) is 73.8 Å². The van der Waals surface area contributed by atoms with Crippen molar-refractivity contribution < 1.29 is 33.2 Å². The second-order valence-electron chi connectivity index (χ2n) is 9.85. The van der Waals surface area contributed by atoms with Gasteiger partial charge < -0.3 is 28.4 Å². The molecule has 0 saturated carbocycles. The first-order valence-electron chi connectivity index (χ1n) is 13.4. The maximum atomic E-state index is 13.0. The minimum atomic E-state index is -0.0621. The Hall–Kier alpha value is -3.91. The quantitative estimate of drug-likeness (QED) is 0.343. The van der Waals surface area contributed by atoms with Crippen LogP contribution in [0.2, 0.25) is 0 Å². The second kappa shape index (κ2) is 13.4. The molecule has 40 heavy (non-hydrogen) atoms. The fourth-order valence-corrected chi connectivity index (χ4v) is 5.24. The van der Waals surface area contributed by atoms with Crippen molar-refractivity contribution in [2.45, 2.75) is 38.6 Å². The molecule has 2 heterocycles. The molecule has 5 rings (SSSR count). The van der Waals surface area contributed by atoms with Gasteiger partial charge in [0.15, 0.2) is 11.5 Å². The number of para-hydroxylation sites is 1. The van der Waals surface area contributed by atoms with Crippen LogP contribution < -0.4 is 28.4 Å². The Balaban J connectivity index is 0.000000350.